The number of halogens is 4. The third kappa shape index (κ3) is 5.81. The number of aromatic nitrogens is 3. The van der Waals surface area contributed by atoms with Crippen molar-refractivity contribution in [2.75, 3.05) is 42.7 Å². The lowest BCUT2D eigenvalue weighted by molar-refractivity contribution is -0.101. The number of nitrogens with zero attached hydrogens (tertiary/aromatic N) is 4. The van der Waals surface area contributed by atoms with E-state index in [0.29, 0.717) is 6.54 Å². The highest BCUT2D eigenvalue weighted by Crippen LogP contribution is 2.24. The van der Waals surface area contributed by atoms with E-state index in [9.17, 15) is 17.6 Å². The van der Waals surface area contributed by atoms with Gasteiger partial charge < -0.3 is 15.4 Å². The number of rotatable bonds is 8. The molecule has 30 heavy (non-hydrogen) atoms. The van der Waals surface area contributed by atoms with Crippen LogP contribution in [0.4, 0.5) is 41.1 Å². The summed E-state index contributed by atoms with van der Waals surface area (Å²) in [5.41, 5.74) is 0.247. The molecule has 2 aromatic rings. The number of hydrogen-bond acceptors (Lipinski definition) is 8. The molecule has 12 heteroatoms. The smallest absolute Gasteiger partial charge is 0.484 e. The van der Waals surface area contributed by atoms with Crippen LogP contribution in [0.25, 0.3) is 0 Å². The summed E-state index contributed by atoms with van der Waals surface area (Å²) in [5.74, 6) is -1.45. The molecule has 1 atom stereocenters. The van der Waals surface area contributed by atoms with E-state index in [1.54, 1.807) is 0 Å². The normalized spacial score (nSPS) is 17.1. The Hall–Kier alpha value is -2.89. The molecule has 1 fully saturated rings. The molecular weight excluding hydrogens is 406 g/mol. The maximum atomic E-state index is 13.9. The van der Waals surface area contributed by atoms with E-state index >= 15 is 0 Å². The first-order valence-electron chi connectivity index (χ1n) is 9.47. The molecule has 0 saturated carbocycles. The van der Waals surface area contributed by atoms with E-state index in [-0.39, 0.29) is 29.4 Å². The van der Waals surface area contributed by atoms with Crippen molar-refractivity contribution in [2.24, 2.45) is 0 Å². The summed E-state index contributed by atoms with van der Waals surface area (Å²) in [5, 5.41) is 6.96. The van der Waals surface area contributed by atoms with Crippen molar-refractivity contribution in [3.8, 4) is 5.75 Å². The number of likely N-dealkylation sites (N-methyl/N-ethyl adjacent to an activating group) is 1. The zero-order chi connectivity index (χ0) is 21.7. The van der Waals surface area contributed by atoms with Crippen molar-refractivity contribution in [1.82, 2.24) is 19.9 Å². The molecule has 1 aromatic heterocycles. The van der Waals surface area contributed by atoms with Crippen LogP contribution in [-0.2, 0) is 0 Å². The minimum absolute atomic E-state index is 0.0174. The molecule has 3 rings (SSSR count). The number of ether oxygens (including phenoxy) is 1. The molecule has 0 spiro atoms. The summed E-state index contributed by atoms with van der Waals surface area (Å²) in [4.78, 5) is 13.9. The second-order valence-electron chi connectivity index (χ2n) is 6.71. The van der Waals surface area contributed by atoms with Crippen molar-refractivity contribution in [3.63, 3.8) is 0 Å². The van der Waals surface area contributed by atoms with Crippen LogP contribution in [-0.4, -0.2) is 58.9 Å². The van der Waals surface area contributed by atoms with Gasteiger partial charge in [-0.1, -0.05) is 6.92 Å². The topological polar surface area (TPSA) is 87.2 Å². The molecule has 0 bridgehead atoms. The Morgan fingerprint density at radius 2 is 1.90 bits per heavy atom. The highest BCUT2D eigenvalue weighted by Gasteiger charge is 2.29. The first-order chi connectivity index (χ1) is 14.3. The van der Waals surface area contributed by atoms with E-state index < -0.39 is 18.1 Å². The van der Waals surface area contributed by atoms with Crippen LogP contribution < -0.4 is 20.7 Å². The van der Waals surface area contributed by atoms with E-state index in [4.69, 9.17) is 4.74 Å². The van der Waals surface area contributed by atoms with Gasteiger partial charge in [-0.05, 0) is 38.1 Å². The SMILES string of the molecule is CCN1CCCC1CNc1nc(Nc2ccc(OC)c(F)c2)nc(NC(F)(F)F)n1. The largest absolute Gasteiger partial charge is 0.494 e. The summed E-state index contributed by atoms with van der Waals surface area (Å²) in [6, 6.07) is 4.25. The Balaban J connectivity index is 1.80. The summed E-state index contributed by atoms with van der Waals surface area (Å²) in [6.45, 7) is 4.42. The number of nitrogens with one attached hydrogen (secondary N) is 3. The van der Waals surface area contributed by atoms with Crippen molar-refractivity contribution in [1.29, 1.82) is 0 Å². The van der Waals surface area contributed by atoms with Crippen molar-refractivity contribution in [3.05, 3.63) is 24.0 Å². The second-order valence-corrected chi connectivity index (χ2v) is 6.71. The van der Waals surface area contributed by atoms with Crippen LogP contribution in [0.2, 0.25) is 0 Å². The second kappa shape index (κ2) is 9.28. The van der Waals surface area contributed by atoms with E-state index in [2.05, 4.69) is 37.4 Å². The molecule has 3 N–H and O–H groups in total. The minimum atomic E-state index is -4.72. The number of methoxy groups -OCH3 is 1. The standard InChI is InChI=1S/C18H23F4N7O/c1-3-29-8-4-5-12(29)10-23-15-25-16(27-17(26-15)28-18(20,21)22)24-11-6-7-14(30-2)13(19)9-11/h6-7,9,12H,3-5,8,10H2,1-2H3,(H3,23,24,25,26,27,28). The van der Waals surface area contributed by atoms with Gasteiger partial charge in [0.1, 0.15) is 0 Å². The van der Waals surface area contributed by atoms with Gasteiger partial charge in [0.05, 0.1) is 7.11 Å². The zero-order valence-electron chi connectivity index (χ0n) is 16.6. The molecule has 0 aliphatic carbocycles. The fourth-order valence-corrected chi connectivity index (χ4v) is 3.32. The van der Waals surface area contributed by atoms with Crippen LogP contribution >= 0.6 is 0 Å². The molecular formula is C18H23F4N7O. The lowest BCUT2D eigenvalue weighted by atomic mass is 10.2. The molecule has 164 valence electrons. The number of benzene rings is 1. The highest BCUT2D eigenvalue weighted by atomic mass is 19.4. The molecule has 1 unspecified atom stereocenters. The maximum Gasteiger partial charge on any atom is 0.484 e. The van der Waals surface area contributed by atoms with Crippen LogP contribution in [0, 0.1) is 5.82 Å². The predicted octanol–water partition coefficient (Wildman–Crippen LogP) is 3.59. The van der Waals surface area contributed by atoms with Gasteiger partial charge in [0.2, 0.25) is 17.8 Å². The Morgan fingerprint density at radius 3 is 2.57 bits per heavy atom. The fourth-order valence-electron chi connectivity index (χ4n) is 3.32. The first-order valence-corrected chi connectivity index (χ1v) is 9.47. The average molecular weight is 429 g/mol. The summed E-state index contributed by atoms with van der Waals surface area (Å²) < 4.78 is 57.1. The number of hydrogen-bond donors (Lipinski definition) is 3. The van der Waals surface area contributed by atoms with Gasteiger partial charge in [0.25, 0.3) is 0 Å². The molecule has 0 amide bonds. The Kier molecular flexibility index (Phi) is 6.75. The third-order valence-electron chi connectivity index (χ3n) is 4.70. The summed E-state index contributed by atoms with van der Waals surface area (Å²) >= 11 is 0. The lowest BCUT2D eigenvalue weighted by Gasteiger charge is -2.23. The van der Waals surface area contributed by atoms with E-state index in [1.807, 2.05) is 0 Å². The predicted molar refractivity (Wildman–Crippen MR) is 104 cm³/mol. The third-order valence-corrected chi connectivity index (χ3v) is 4.70. The van der Waals surface area contributed by atoms with Gasteiger partial charge >= 0.3 is 6.30 Å². The van der Waals surface area contributed by atoms with E-state index in [1.165, 1.54) is 24.6 Å². The fraction of sp³-hybridized carbons (Fsp3) is 0.500. The number of likely N-dealkylation sites (tertiary alicyclic amines) is 1. The minimum Gasteiger partial charge on any atom is -0.494 e. The Labute approximate surface area is 171 Å². The van der Waals surface area contributed by atoms with Gasteiger partial charge in [-0.2, -0.15) is 28.1 Å². The van der Waals surface area contributed by atoms with Gasteiger partial charge in [0, 0.05) is 24.3 Å². The van der Waals surface area contributed by atoms with Crippen molar-refractivity contribution in [2.45, 2.75) is 32.1 Å². The van der Waals surface area contributed by atoms with Crippen LogP contribution in [0.1, 0.15) is 19.8 Å². The highest BCUT2D eigenvalue weighted by molar-refractivity contribution is 5.57. The van der Waals surface area contributed by atoms with E-state index in [0.717, 1.165) is 32.0 Å². The molecule has 8 nitrogen and oxygen atoms in total. The average Bonchev–Trinajstić information content (AvgIpc) is 3.12. The van der Waals surface area contributed by atoms with Crippen LogP contribution in [0.5, 0.6) is 5.75 Å². The first kappa shape index (κ1) is 21.8. The van der Waals surface area contributed by atoms with Crippen molar-refractivity contribution >= 4 is 23.5 Å². The molecule has 1 aliphatic rings. The molecule has 1 aliphatic heterocycles. The number of alkyl halides is 3. The molecule has 0 radical (unpaired) electrons. The molecule has 1 saturated heterocycles. The van der Waals surface area contributed by atoms with Crippen molar-refractivity contribution < 1.29 is 22.3 Å². The van der Waals surface area contributed by atoms with Gasteiger partial charge in [-0.25, -0.2) is 4.39 Å². The van der Waals surface area contributed by atoms with Crippen LogP contribution in [0.15, 0.2) is 18.2 Å². The Morgan fingerprint density at radius 1 is 1.17 bits per heavy atom. The quantitative estimate of drug-likeness (QED) is 0.434. The Bertz CT molecular complexity index is 865. The monoisotopic (exact) mass is 429 g/mol. The number of anilines is 4. The maximum absolute atomic E-state index is 13.9. The van der Waals surface area contributed by atoms with Gasteiger partial charge in [-0.15, -0.1) is 0 Å². The van der Waals surface area contributed by atoms with Crippen LogP contribution in [0.3, 0.4) is 0 Å². The lowest BCUT2D eigenvalue weighted by Crippen LogP contribution is -2.35. The summed E-state index contributed by atoms with van der Waals surface area (Å²) in [7, 11) is 1.33. The zero-order valence-corrected chi connectivity index (χ0v) is 16.6. The molecule has 2 heterocycles. The summed E-state index contributed by atoms with van der Waals surface area (Å²) in [6.07, 6.45) is -2.67. The molecule has 1 aromatic carbocycles. The van der Waals surface area contributed by atoms with Gasteiger partial charge in [-0.3, -0.25) is 10.2 Å². The van der Waals surface area contributed by atoms with Gasteiger partial charge in [0.15, 0.2) is 11.6 Å².